The minimum atomic E-state index is -0.210. The molecule has 2 N–H and O–H groups in total. The molecule has 1 amide bonds. The van der Waals surface area contributed by atoms with Crippen molar-refractivity contribution in [2.24, 2.45) is 0 Å². The van der Waals surface area contributed by atoms with E-state index >= 15 is 0 Å². The van der Waals surface area contributed by atoms with Gasteiger partial charge in [0.1, 0.15) is 23.1 Å². The quantitative estimate of drug-likeness (QED) is 0.405. The number of carbonyl (C=O) groups excluding carboxylic acids is 1. The number of hydrogen-bond acceptors (Lipinski definition) is 8. The summed E-state index contributed by atoms with van der Waals surface area (Å²) in [5.74, 6) is 0.509. The largest absolute Gasteiger partial charge is 0.379 e. The molecule has 6 rings (SSSR count). The maximum absolute atomic E-state index is 13.2. The fourth-order valence-corrected chi connectivity index (χ4v) is 5.15. The molecule has 5 heterocycles. The topological polar surface area (TPSA) is 117 Å². The van der Waals surface area contributed by atoms with Gasteiger partial charge in [-0.25, -0.2) is 9.97 Å². The first kappa shape index (κ1) is 22.9. The third-order valence-electron chi connectivity index (χ3n) is 7.33. The highest BCUT2D eigenvalue weighted by Gasteiger charge is 2.34. The summed E-state index contributed by atoms with van der Waals surface area (Å²) in [4.78, 5) is 22.7. The van der Waals surface area contributed by atoms with Crippen LogP contribution in [0.2, 0.25) is 0 Å². The number of aromatic nitrogens is 5. The molecule has 2 aliphatic rings. The monoisotopic (exact) mass is 491 g/mol. The molecule has 1 saturated heterocycles. The Morgan fingerprint density at radius 3 is 2.78 bits per heavy atom. The van der Waals surface area contributed by atoms with Gasteiger partial charge in [0.05, 0.1) is 43.3 Å². The average molecular weight is 492 g/mol. The van der Waals surface area contributed by atoms with E-state index in [4.69, 9.17) is 19.2 Å². The van der Waals surface area contributed by atoms with Crippen LogP contribution in [0.5, 0.6) is 0 Å². The van der Waals surface area contributed by atoms with Crippen molar-refractivity contribution in [3.63, 3.8) is 0 Å². The van der Waals surface area contributed by atoms with E-state index in [-0.39, 0.29) is 30.2 Å². The summed E-state index contributed by atoms with van der Waals surface area (Å²) in [7, 11) is 5.19. The first-order chi connectivity index (χ1) is 17.6. The summed E-state index contributed by atoms with van der Waals surface area (Å²) in [6.07, 6.45) is 7.21. The van der Waals surface area contributed by atoms with E-state index in [0.717, 1.165) is 35.3 Å². The predicted octanol–water partition coefficient (Wildman–Crippen LogP) is 2.28. The number of ether oxygens (including phenoxy) is 3. The summed E-state index contributed by atoms with van der Waals surface area (Å²) >= 11 is 0. The smallest absolute Gasteiger partial charge is 0.257 e. The summed E-state index contributed by atoms with van der Waals surface area (Å²) in [6, 6.07) is 5.87. The standard InChI is InChI=1S/C25H29N7O4/c1-26-22-9-18(29-24-15(10-28-32(22)24)25(33)30-17-6-7-20(17)34-2)16-11-31(19-12-36-13-21(19)35-3)23-14(16)5-4-8-27-23/h4-5,8-11,17,19-21,26H,6-7,12-13H2,1-3H3,(H,30,33)/t17-,19+,20-,21+/m1/s1. The van der Waals surface area contributed by atoms with Crippen LogP contribution in [0.4, 0.5) is 5.82 Å². The van der Waals surface area contributed by atoms with Gasteiger partial charge in [-0.2, -0.15) is 9.61 Å². The second-order valence-corrected chi connectivity index (χ2v) is 9.21. The molecule has 0 bridgehead atoms. The van der Waals surface area contributed by atoms with E-state index < -0.39 is 0 Å². The van der Waals surface area contributed by atoms with Gasteiger partial charge in [-0.15, -0.1) is 0 Å². The zero-order valence-corrected chi connectivity index (χ0v) is 20.5. The summed E-state index contributed by atoms with van der Waals surface area (Å²) in [5.41, 5.74) is 3.35. The number of hydrogen-bond donors (Lipinski definition) is 2. The summed E-state index contributed by atoms with van der Waals surface area (Å²) < 4.78 is 20.6. The molecule has 1 aliphatic heterocycles. The first-order valence-corrected chi connectivity index (χ1v) is 12.1. The molecule has 0 spiro atoms. The van der Waals surface area contributed by atoms with Crippen LogP contribution in [-0.2, 0) is 14.2 Å². The number of rotatable bonds is 7. The van der Waals surface area contributed by atoms with Gasteiger partial charge in [-0.05, 0) is 25.0 Å². The van der Waals surface area contributed by atoms with Gasteiger partial charge in [0.15, 0.2) is 5.65 Å². The fourth-order valence-electron chi connectivity index (χ4n) is 5.15. The van der Waals surface area contributed by atoms with Crippen molar-refractivity contribution in [3.05, 3.63) is 42.4 Å². The predicted molar refractivity (Wildman–Crippen MR) is 133 cm³/mol. The van der Waals surface area contributed by atoms with Crippen LogP contribution in [-0.4, -0.2) is 82.8 Å². The highest BCUT2D eigenvalue weighted by atomic mass is 16.5. The number of carbonyl (C=O) groups is 1. The van der Waals surface area contributed by atoms with Gasteiger partial charge >= 0.3 is 0 Å². The number of pyridine rings is 1. The molecule has 0 unspecified atom stereocenters. The molecule has 36 heavy (non-hydrogen) atoms. The number of methoxy groups -OCH3 is 2. The van der Waals surface area contributed by atoms with Crippen LogP contribution in [0.1, 0.15) is 29.2 Å². The molecule has 1 saturated carbocycles. The van der Waals surface area contributed by atoms with Gasteiger partial charge in [0.25, 0.3) is 5.91 Å². The number of fused-ring (bicyclic) bond motifs is 2. The van der Waals surface area contributed by atoms with Crippen LogP contribution < -0.4 is 10.6 Å². The highest BCUT2D eigenvalue weighted by molar-refractivity contribution is 6.01. The van der Waals surface area contributed by atoms with E-state index in [1.54, 1.807) is 31.1 Å². The van der Waals surface area contributed by atoms with E-state index in [1.165, 1.54) is 0 Å². The molecule has 4 aromatic heterocycles. The Kier molecular flexibility index (Phi) is 5.82. The lowest BCUT2D eigenvalue weighted by Gasteiger charge is -2.35. The second-order valence-electron chi connectivity index (χ2n) is 9.21. The van der Waals surface area contributed by atoms with Crippen LogP contribution in [0.25, 0.3) is 27.9 Å². The maximum Gasteiger partial charge on any atom is 0.257 e. The van der Waals surface area contributed by atoms with Crippen molar-refractivity contribution >= 4 is 28.4 Å². The van der Waals surface area contributed by atoms with Gasteiger partial charge in [0, 0.05) is 50.7 Å². The molecule has 11 heteroatoms. The van der Waals surface area contributed by atoms with Gasteiger partial charge < -0.3 is 29.4 Å². The van der Waals surface area contributed by atoms with E-state index in [2.05, 4.69) is 31.5 Å². The SMILES string of the molecule is CNc1cc(-c2cn([C@H]3COC[C@@H]3OC)c3ncccc23)nc2c(C(=O)N[C@@H]3CC[C@H]3OC)cnn12. The lowest BCUT2D eigenvalue weighted by Crippen LogP contribution is -2.51. The van der Waals surface area contributed by atoms with Crippen LogP contribution in [0, 0.1) is 0 Å². The Morgan fingerprint density at radius 1 is 1.17 bits per heavy atom. The second kappa shape index (κ2) is 9.16. The lowest BCUT2D eigenvalue weighted by molar-refractivity contribution is 0.00732. The van der Waals surface area contributed by atoms with Crippen molar-refractivity contribution in [2.45, 2.75) is 37.1 Å². The fraction of sp³-hybridized carbons (Fsp3) is 0.440. The van der Waals surface area contributed by atoms with Crippen LogP contribution in [0.3, 0.4) is 0 Å². The van der Waals surface area contributed by atoms with Crippen LogP contribution in [0.15, 0.2) is 36.8 Å². The molecule has 4 atom stereocenters. The van der Waals surface area contributed by atoms with E-state index in [1.807, 2.05) is 25.2 Å². The minimum Gasteiger partial charge on any atom is -0.379 e. The number of amides is 1. The summed E-state index contributed by atoms with van der Waals surface area (Å²) in [5, 5.41) is 11.7. The number of anilines is 1. The van der Waals surface area contributed by atoms with Crippen molar-refractivity contribution in [1.29, 1.82) is 0 Å². The molecule has 188 valence electrons. The minimum absolute atomic E-state index is 0.00108. The van der Waals surface area contributed by atoms with E-state index in [0.29, 0.717) is 30.1 Å². The Balaban J connectivity index is 1.45. The number of nitrogens with zero attached hydrogens (tertiary/aromatic N) is 5. The van der Waals surface area contributed by atoms with Crippen molar-refractivity contribution in [1.82, 2.24) is 29.5 Å². The van der Waals surface area contributed by atoms with Crippen molar-refractivity contribution < 1.29 is 19.0 Å². The third-order valence-corrected chi connectivity index (χ3v) is 7.33. The molecule has 11 nitrogen and oxygen atoms in total. The Labute approximate surface area is 207 Å². The van der Waals surface area contributed by atoms with Gasteiger partial charge in [-0.3, -0.25) is 4.79 Å². The van der Waals surface area contributed by atoms with Crippen molar-refractivity contribution in [3.8, 4) is 11.3 Å². The van der Waals surface area contributed by atoms with Gasteiger partial charge in [-0.1, -0.05) is 0 Å². The molecular formula is C25H29N7O4. The average Bonchev–Trinajstić information content (AvgIpc) is 3.62. The molecule has 1 aliphatic carbocycles. The zero-order chi connectivity index (χ0) is 24.8. The molecular weight excluding hydrogens is 462 g/mol. The normalized spacial score (nSPS) is 23.8. The Morgan fingerprint density at radius 2 is 2.03 bits per heavy atom. The molecule has 2 fully saturated rings. The number of nitrogens with one attached hydrogen (secondary N) is 2. The van der Waals surface area contributed by atoms with E-state index in [9.17, 15) is 4.79 Å². The zero-order valence-electron chi connectivity index (χ0n) is 20.5. The highest BCUT2D eigenvalue weighted by Crippen LogP contribution is 2.35. The first-order valence-electron chi connectivity index (χ1n) is 12.1. The van der Waals surface area contributed by atoms with Crippen LogP contribution >= 0.6 is 0 Å². The van der Waals surface area contributed by atoms with Crippen molar-refractivity contribution in [2.75, 3.05) is 39.8 Å². The molecule has 4 aromatic rings. The molecule has 0 radical (unpaired) electrons. The maximum atomic E-state index is 13.2. The van der Waals surface area contributed by atoms with Gasteiger partial charge in [0.2, 0.25) is 0 Å². The Bertz CT molecular complexity index is 1430. The Hall–Kier alpha value is -3.54. The third kappa shape index (κ3) is 3.62. The molecule has 0 aromatic carbocycles. The summed E-state index contributed by atoms with van der Waals surface area (Å²) in [6.45, 7) is 1.08. The lowest BCUT2D eigenvalue weighted by atomic mass is 9.89.